The van der Waals surface area contributed by atoms with Crippen LogP contribution in [0, 0.1) is 11.7 Å². The first kappa shape index (κ1) is 23.7. The molecule has 4 rings (SSSR count). The van der Waals surface area contributed by atoms with E-state index in [1.807, 2.05) is 45.8 Å². The third-order valence-electron chi connectivity index (χ3n) is 5.16. The molecule has 176 valence electrons. The molecule has 0 aliphatic carbocycles. The zero-order valence-electron chi connectivity index (χ0n) is 19.2. The van der Waals surface area contributed by atoms with Crippen molar-refractivity contribution in [2.24, 2.45) is 5.92 Å². The molecule has 0 unspecified atom stereocenters. The highest BCUT2D eigenvalue weighted by Crippen LogP contribution is 2.24. The molecule has 0 bridgehead atoms. The Bertz CT molecular complexity index is 1240. The highest BCUT2D eigenvalue weighted by Gasteiger charge is 2.16. The molecule has 0 spiro atoms. The molecule has 0 saturated heterocycles. The third kappa shape index (κ3) is 6.11. The molecule has 9 heteroatoms. The van der Waals surface area contributed by atoms with E-state index in [2.05, 4.69) is 34.5 Å². The van der Waals surface area contributed by atoms with Gasteiger partial charge in [0.2, 0.25) is 0 Å². The van der Waals surface area contributed by atoms with E-state index in [9.17, 15) is 9.18 Å². The molecule has 0 aliphatic rings. The summed E-state index contributed by atoms with van der Waals surface area (Å²) in [6, 6.07) is 16.1. The van der Waals surface area contributed by atoms with Gasteiger partial charge in [-0.15, -0.1) is 10.2 Å². The molecule has 0 aliphatic heterocycles. The number of amides is 1. The second-order valence-electron chi connectivity index (χ2n) is 8.37. The summed E-state index contributed by atoms with van der Waals surface area (Å²) in [5.74, 6) is 1.08. The lowest BCUT2D eigenvalue weighted by Gasteiger charge is -2.13. The van der Waals surface area contributed by atoms with Gasteiger partial charge in [-0.25, -0.2) is 4.39 Å². The van der Waals surface area contributed by atoms with Gasteiger partial charge in [0.1, 0.15) is 5.82 Å². The van der Waals surface area contributed by atoms with Crippen LogP contribution in [0.4, 0.5) is 4.39 Å². The monoisotopic (exact) mass is 478 g/mol. The normalized spacial score (nSPS) is 11.2. The first-order chi connectivity index (χ1) is 16.5. The molecule has 4 aromatic rings. The highest BCUT2D eigenvalue weighted by molar-refractivity contribution is 7.98. The molecular weight excluding hydrogens is 451 g/mol. The van der Waals surface area contributed by atoms with Crippen molar-refractivity contribution in [3.8, 4) is 0 Å². The van der Waals surface area contributed by atoms with Crippen LogP contribution < -0.4 is 5.32 Å². The molecule has 1 N–H and O–H groups in total. The van der Waals surface area contributed by atoms with Gasteiger partial charge in [0.25, 0.3) is 5.91 Å². The summed E-state index contributed by atoms with van der Waals surface area (Å²) in [5, 5.41) is 16.5. The van der Waals surface area contributed by atoms with Crippen LogP contribution >= 0.6 is 11.8 Å². The Kier molecular flexibility index (Phi) is 7.74. The van der Waals surface area contributed by atoms with Crippen LogP contribution in [-0.2, 0) is 25.4 Å². The zero-order valence-corrected chi connectivity index (χ0v) is 20.0. The fourth-order valence-electron chi connectivity index (χ4n) is 3.52. The summed E-state index contributed by atoms with van der Waals surface area (Å²) in [7, 11) is 0. The van der Waals surface area contributed by atoms with Crippen LogP contribution in [0.15, 0.2) is 72.1 Å². The Labute approximate surface area is 202 Å². The van der Waals surface area contributed by atoms with Crippen molar-refractivity contribution in [3.63, 3.8) is 0 Å². The topological polar surface area (TPSA) is 77.6 Å². The number of nitrogens with zero attached hydrogens (tertiary/aromatic N) is 5. The van der Waals surface area contributed by atoms with E-state index in [0.717, 1.165) is 5.56 Å². The van der Waals surface area contributed by atoms with Crippen LogP contribution in [0.25, 0.3) is 0 Å². The molecule has 2 aromatic carbocycles. The fraction of sp³-hybridized carbons (Fsp3) is 0.280. The second kappa shape index (κ2) is 11.1. The van der Waals surface area contributed by atoms with E-state index in [1.165, 1.54) is 17.8 Å². The van der Waals surface area contributed by atoms with Crippen molar-refractivity contribution in [3.05, 3.63) is 95.3 Å². The first-order valence-electron chi connectivity index (χ1n) is 11.1. The molecule has 0 saturated carbocycles. The summed E-state index contributed by atoms with van der Waals surface area (Å²) < 4.78 is 17.8. The third-order valence-corrected chi connectivity index (χ3v) is 6.17. The van der Waals surface area contributed by atoms with Crippen molar-refractivity contribution in [1.29, 1.82) is 0 Å². The van der Waals surface area contributed by atoms with Gasteiger partial charge in [-0.2, -0.15) is 5.10 Å². The number of rotatable bonds is 10. The summed E-state index contributed by atoms with van der Waals surface area (Å²) in [6.07, 6.45) is 3.61. The SMILES string of the molecule is CC(C)Cn1c(CNC(=O)c2cccc(Cn3cccn3)c2)nnc1SCc1ccccc1F. The smallest absolute Gasteiger partial charge is 0.251 e. The largest absolute Gasteiger partial charge is 0.345 e. The van der Waals surface area contributed by atoms with Gasteiger partial charge >= 0.3 is 0 Å². The maximum atomic E-state index is 14.0. The van der Waals surface area contributed by atoms with Gasteiger partial charge in [-0.05, 0) is 41.3 Å². The maximum absolute atomic E-state index is 14.0. The van der Waals surface area contributed by atoms with Gasteiger partial charge in [0.05, 0.1) is 13.1 Å². The average molecular weight is 479 g/mol. The second-order valence-corrected chi connectivity index (χ2v) is 9.31. The van der Waals surface area contributed by atoms with Gasteiger partial charge in [0, 0.05) is 30.3 Å². The number of carbonyl (C=O) groups excluding carboxylic acids is 1. The number of aromatic nitrogens is 5. The molecule has 0 fully saturated rings. The van der Waals surface area contributed by atoms with Crippen molar-refractivity contribution >= 4 is 17.7 Å². The van der Waals surface area contributed by atoms with Crippen LogP contribution in [-0.4, -0.2) is 30.5 Å². The Hall–Kier alpha value is -3.46. The van der Waals surface area contributed by atoms with Crippen LogP contribution in [0.1, 0.15) is 41.2 Å². The van der Waals surface area contributed by atoms with E-state index in [4.69, 9.17) is 0 Å². The Morgan fingerprint density at radius 2 is 1.97 bits per heavy atom. The number of nitrogens with one attached hydrogen (secondary N) is 1. The lowest BCUT2D eigenvalue weighted by Crippen LogP contribution is -2.25. The molecule has 0 atom stereocenters. The number of benzene rings is 2. The van der Waals surface area contributed by atoms with Gasteiger partial charge in [0.15, 0.2) is 11.0 Å². The molecule has 0 radical (unpaired) electrons. The molecule has 2 heterocycles. The summed E-state index contributed by atoms with van der Waals surface area (Å²) in [5.41, 5.74) is 2.19. The minimum Gasteiger partial charge on any atom is -0.345 e. The van der Waals surface area contributed by atoms with E-state index in [0.29, 0.717) is 46.9 Å². The van der Waals surface area contributed by atoms with E-state index in [-0.39, 0.29) is 18.3 Å². The van der Waals surface area contributed by atoms with Gasteiger partial charge < -0.3 is 9.88 Å². The van der Waals surface area contributed by atoms with E-state index in [1.54, 1.807) is 24.4 Å². The van der Waals surface area contributed by atoms with Crippen molar-refractivity contribution in [2.45, 2.75) is 44.4 Å². The predicted octanol–water partition coefficient (Wildman–Crippen LogP) is 4.54. The Balaban J connectivity index is 1.43. The van der Waals surface area contributed by atoms with E-state index < -0.39 is 0 Å². The molecule has 34 heavy (non-hydrogen) atoms. The van der Waals surface area contributed by atoms with Crippen LogP contribution in [0.5, 0.6) is 0 Å². The molecular formula is C25H27FN6OS. The number of carbonyl (C=O) groups is 1. The maximum Gasteiger partial charge on any atom is 0.251 e. The standard InChI is InChI=1S/C25H27FN6OS/c1-18(2)15-32-23(29-30-25(32)34-17-21-8-3-4-10-22(21)26)14-27-24(33)20-9-5-7-19(13-20)16-31-12-6-11-28-31/h3-13,18H,14-17H2,1-2H3,(H,27,33). The zero-order chi connectivity index (χ0) is 23.9. The lowest BCUT2D eigenvalue weighted by molar-refractivity contribution is 0.0949. The highest BCUT2D eigenvalue weighted by atomic mass is 32.2. The number of hydrogen-bond donors (Lipinski definition) is 1. The van der Waals surface area contributed by atoms with Crippen molar-refractivity contribution in [1.82, 2.24) is 29.9 Å². The number of thioether (sulfide) groups is 1. The van der Waals surface area contributed by atoms with E-state index >= 15 is 0 Å². The Morgan fingerprint density at radius 1 is 1.12 bits per heavy atom. The molecule has 7 nitrogen and oxygen atoms in total. The first-order valence-corrected chi connectivity index (χ1v) is 12.1. The summed E-state index contributed by atoms with van der Waals surface area (Å²) in [4.78, 5) is 12.8. The minimum absolute atomic E-state index is 0.179. The predicted molar refractivity (Wildman–Crippen MR) is 130 cm³/mol. The molecule has 2 aromatic heterocycles. The Morgan fingerprint density at radius 3 is 2.74 bits per heavy atom. The average Bonchev–Trinajstić information content (AvgIpc) is 3.47. The van der Waals surface area contributed by atoms with Crippen molar-refractivity contribution in [2.75, 3.05) is 0 Å². The van der Waals surface area contributed by atoms with Crippen LogP contribution in [0.3, 0.4) is 0 Å². The van der Waals surface area contributed by atoms with Crippen molar-refractivity contribution < 1.29 is 9.18 Å². The lowest BCUT2D eigenvalue weighted by atomic mass is 10.1. The fourth-order valence-corrected chi connectivity index (χ4v) is 4.47. The van der Waals surface area contributed by atoms with Gasteiger partial charge in [-0.3, -0.25) is 9.48 Å². The summed E-state index contributed by atoms with van der Waals surface area (Å²) >= 11 is 1.44. The molecule has 1 amide bonds. The minimum atomic E-state index is -0.229. The number of halogens is 1. The number of hydrogen-bond acceptors (Lipinski definition) is 5. The van der Waals surface area contributed by atoms with Crippen LogP contribution in [0.2, 0.25) is 0 Å². The summed E-state index contributed by atoms with van der Waals surface area (Å²) in [6.45, 7) is 5.77. The van der Waals surface area contributed by atoms with Gasteiger partial charge in [-0.1, -0.05) is 55.9 Å². The quantitative estimate of drug-likeness (QED) is 0.339.